The number of piperazine rings is 2. The zero-order valence-electron chi connectivity index (χ0n) is 15.7. The van der Waals surface area contributed by atoms with E-state index < -0.39 is 0 Å². The summed E-state index contributed by atoms with van der Waals surface area (Å²) in [5.41, 5.74) is 0. The first-order valence-corrected chi connectivity index (χ1v) is 9.46. The van der Waals surface area contributed by atoms with Gasteiger partial charge in [-0.2, -0.15) is 5.10 Å². The quantitative estimate of drug-likeness (QED) is 0.736. The third-order valence-corrected chi connectivity index (χ3v) is 5.28. The van der Waals surface area contributed by atoms with Gasteiger partial charge >= 0.3 is 0 Å². The highest BCUT2D eigenvalue weighted by Gasteiger charge is 2.23. The fraction of sp³-hybridized carbons (Fsp3) is 0.556. The highest BCUT2D eigenvalue weighted by Crippen LogP contribution is 2.17. The van der Waals surface area contributed by atoms with Gasteiger partial charge in [0, 0.05) is 64.8 Å². The second-order valence-electron chi connectivity index (χ2n) is 7.11. The first kappa shape index (κ1) is 17.7. The largest absolute Gasteiger partial charge is 0.353 e. The summed E-state index contributed by atoms with van der Waals surface area (Å²) in [7, 11) is 2.14. The summed E-state index contributed by atoms with van der Waals surface area (Å²) in [4.78, 5) is 21.1. The lowest BCUT2D eigenvalue weighted by Crippen LogP contribution is -2.50. The Morgan fingerprint density at radius 1 is 0.926 bits per heavy atom. The minimum absolute atomic E-state index is 0.106. The van der Waals surface area contributed by atoms with Gasteiger partial charge in [0.15, 0.2) is 11.6 Å². The molecule has 2 fully saturated rings. The molecule has 2 aliphatic rings. The fourth-order valence-corrected chi connectivity index (χ4v) is 3.51. The minimum Gasteiger partial charge on any atom is -0.353 e. The summed E-state index contributed by atoms with van der Waals surface area (Å²) in [6.07, 6.45) is 3.50. The Kier molecular flexibility index (Phi) is 5.19. The van der Waals surface area contributed by atoms with Crippen molar-refractivity contribution in [3.8, 4) is 0 Å². The molecule has 9 nitrogen and oxygen atoms in total. The van der Waals surface area contributed by atoms with Gasteiger partial charge in [-0.1, -0.05) is 0 Å². The summed E-state index contributed by atoms with van der Waals surface area (Å²) in [6.45, 7) is 7.32. The molecule has 1 amide bonds. The normalized spacial score (nSPS) is 18.8. The van der Waals surface area contributed by atoms with Gasteiger partial charge in [-0.15, -0.1) is 10.2 Å². The van der Waals surface area contributed by atoms with E-state index >= 15 is 0 Å². The number of nitrogens with zero attached hydrogens (tertiary/aromatic N) is 8. The smallest absolute Gasteiger partial charge is 0.244 e. The number of hydrogen-bond donors (Lipinski definition) is 0. The Hall–Kier alpha value is -2.68. The van der Waals surface area contributed by atoms with Crippen molar-refractivity contribution in [1.29, 1.82) is 0 Å². The Morgan fingerprint density at radius 3 is 2.04 bits per heavy atom. The summed E-state index contributed by atoms with van der Waals surface area (Å²) in [5, 5.41) is 13.0. The number of anilines is 2. The molecule has 9 heteroatoms. The number of carbonyl (C=O) groups excluding carboxylic acids is 1. The molecule has 0 saturated carbocycles. The van der Waals surface area contributed by atoms with Gasteiger partial charge in [-0.3, -0.25) is 9.48 Å². The Morgan fingerprint density at radius 2 is 1.52 bits per heavy atom. The number of carbonyl (C=O) groups is 1. The van der Waals surface area contributed by atoms with E-state index in [1.165, 1.54) is 0 Å². The second-order valence-corrected chi connectivity index (χ2v) is 7.11. The van der Waals surface area contributed by atoms with Crippen molar-refractivity contribution in [2.75, 3.05) is 69.2 Å². The third-order valence-electron chi connectivity index (χ3n) is 5.28. The van der Waals surface area contributed by atoms with Gasteiger partial charge in [0.2, 0.25) is 5.91 Å². The monoisotopic (exact) mass is 370 g/mol. The second kappa shape index (κ2) is 7.91. The highest BCUT2D eigenvalue weighted by molar-refractivity contribution is 5.76. The molecule has 4 heterocycles. The zero-order valence-corrected chi connectivity index (χ0v) is 15.7. The van der Waals surface area contributed by atoms with Crippen molar-refractivity contribution in [1.82, 2.24) is 29.8 Å². The van der Waals surface area contributed by atoms with Crippen LogP contribution >= 0.6 is 0 Å². The maximum Gasteiger partial charge on any atom is 0.244 e. The third kappa shape index (κ3) is 4.19. The van der Waals surface area contributed by atoms with Gasteiger partial charge in [0.05, 0.1) is 0 Å². The molecule has 0 spiro atoms. The standard InChI is InChI=1S/C18H26N8O/c1-22-7-9-23(10-8-22)16-3-4-17(21-20-16)24-11-13-25(14-12-24)18(27)15-26-6-2-5-19-26/h2-6H,7-15H2,1H3. The predicted octanol–water partition coefficient (Wildman–Crippen LogP) is -0.226. The molecule has 0 N–H and O–H groups in total. The van der Waals surface area contributed by atoms with Crippen molar-refractivity contribution in [2.45, 2.75) is 6.54 Å². The molecule has 27 heavy (non-hydrogen) atoms. The summed E-state index contributed by atoms with van der Waals surface area (Å²) in [5.74, 6) is 1.93. The number of aromatic nitrogens is 4. The van der Waals surface area contributed by atoms with Crippen LogP contribution in [-0.2, 0) is 11.3 Å². The average molecular weight is 370 g/mol. The van der Waals surface area contributed by atoms with Crippen LogP contribution in [0.4, 0.5) is 11.6 Å². The van der Waals surface area contributed by atoms with Crippen molar-refractivity contribution in [2.24, 2.45) is 0 Å². The lowest BCUT2D eigenvalue weighted by Gasteiger charge is -2.35. The van der Waals surface area contributed by atoms with Crippen molar-refractivity contribution >= 4 is 17.5 Å². The van der Waals surface area contributed by atoms with E-state index in [0.29, 0.717) is 19.6 Å². The molecule has 2 aliphatic heterocycles. The van der Waals surface area contributed by atoms with E-state index in [2.05, 4.69) is 43.1 Å². The van der Waals surface area contributed by atoms with E-state index in [1.807, 2.05) is 23.2 Å². The SMILES string of the molecule is CN1CCN(c2ccc(N3CCN(C(=O)Cn4cccn4)CC3)nn2)CC1. The number of amides is 1. The first-order valence-electron chi connectivity index (χ1n) is 9.46. The molecular formula is C18H26N8O. The molecule has 0 bridgehead atoms. The van der Waals surface area contributed by atoms with Crippen LogP contribution in [0, 0.1) is 0 Å². The molecule has 2 aromatic rings. The Labute approximate surface area is 159 Å². The van der Waals surface area contributed by atoms with Gasteiger partial charge in [-0.25, -0.2) is 0 Å². The lowest BCUT2D eigenvalue weighted by molar-refractivity contribution is -0.132. The van der Waals surface area contributed by atoms with E-state index in [0.717, 1.165) is 50.9 Å². The van der Waals surface area contributed by atoms with Crippen LogP contribution in [0.3, 0.4) is 0 Å². The summed E-state index contributed by atoms with van der Waals surface area (Å²) < 4.78 is 1.66. The van der Waals surface area contributed by atoms with Gasteiger partial charge < -0.3 is 19.6 Å². The average Bonchev–Trinajstić information content (AvgIpc) is 3.22. The molecule has 0 aliphatic carbocycles. The molecule has 0 unspecified atom stereocenters. The van der Waals surface area contributed by atoms with Gasteiger partial charge in [0.25, 0.3) is 0 Å². The number of hydrogen-bond acceptors (Lipinski definition) is 7. The van der Waals surface area contributed by atoms with Crippen molar-refractivity contribution in [3.63, 3.8) is 0 Å². The molecule has 0 aromatic carbocycles. The van der Waals surface area contributed by atoms with Crippen LogP contribution < -0.4 is 9.80 Å². The maximum atomic E-state index is 12.4. The maximum absolute atomic E-state index is 12.4. The number of likely N-dealkylation sites (N-methyl/N-ethyl adjacent to an activating group) is 1. The minimum atomic E-state index is 0.106. The fourth-order valence-electron chi connectivity index (χ4n) is 3.51. The van der Waals surface area contributed by atoms with E-state index in [9.17, 15) is 4.79 Å². The lowest BCUT2D eigenvalue weighted by atomic mass is 10.3. The molecule has 2 saturated heterocycles. The summed E-state index contributed by atoms with van der Waals surface area (Å²) >= 11 is 0. The van der Waals surface area contributed by atoms with Crippen LogP contribution in [-0.4, -0.2) is 95.1 Å². The van der Waals surface area contributed by atoms with Gasteiger partial charge in [-0.05, 0) is 25.2 Å². The predicted molar refractivity (Wildman–Crippen MR) is 103 cm³/mol. The Bertz CT molecular complexity index is 731. The molecule has 0 atom stereocenters. The van der Waals surface area contributed by atoms with Crippen LogP contribution in [0.2, 0.25) is 0 Å². The van der Waals surface area contributed by atoms with E-state index in [-0.39, 0.29) is 5.91 Å². The topological polar surface area (TPSA) is 73.6 Å². The van der Waals surface area contributed by atoms with Crippen LogP contribution in [0.25, 0.3) is 0 Å². The van der Waals surface area contributed by atoms with Crippen LogP contribution in [0.5, 0.6) is 0 Å². The molecule has 4 rings (SSSR count). The molecular weight excluding hydrogens is 344 g/mol. The number of rotatable bonds is 4. The highest BCUT2D eigenvalue weighted by atomic mass is 16.2. The van der Waals surface area contributed by atoms with E-state index in [4.69, 9.17) is 0 Å². The molecule has 2 aromatic heterocycles. The van der Waals surface area contributed by atoms with Gasteiger partial charge in [0.1, 0.15) is 6.54 Å². The first-order chi connectivity index (χ1) is 13.2. The van der Waals surface area contributed by atoms with Crippen LogP contribution in [0.1, 0.15) is 0 Å². The van der Waals surface area contributed by atoms with Crippen molar-refractivity contribution in [3.05, 3.63) is 30.6 Å². The van der Waals surface area contributed by atoms with Crippen LogP contribution in [0.15, 0.2) is 30.6 Å². The van der Waals surface area contributed by atoms with E-state index in [1.54, 1.807) is 10.9 Å². The molecule has 144 valence electrons. The summed E-state index contributed by atoms with van der Waals surface area (Å²) in [6, 6.07) is 5.93. The Balaban J connectivity index is 1.29. The van der Waals surface area contributed by atoms with Crippen molar-refractivity contribution < 1.29 is 4.79 Å². The zero-order chi connectivity index (χ0) is 18.6. The molecule has 0 radical (unpaired) electrons.